The van der Waals surface area contributed by atoms with Crippen molar-refractivity contribution in [2.45, 2.75) is 58.7 Å². The summed E-state index contributed by atoms with van der Waals surface area (Å²) in [5.41, 5.74) is 1.42. The smallest absolute Gasteiger partial charge is 0.309 e. The number of hydrogen-bond donors (Lipinski definition) is 0. The van der Waals surface area contributed by atoms with Crippen molar-refractivity contribution in [3.05, 3.63) is 35.5 Å². The summed E-state index contributed by atoms with van der Waals surface area (Å²) in [7, 11) is 0. The van der Waals surface area contributed by atoms with Gasteiger partial charge in [0.15, 0.2) is 5.76 Å². The summed E-state index contributed by atoms with van der Waals surface area (Å²) in [6, 6.07) is 7.22. The Hall–Kier alpha value is -2.34. The molecule has 28 heavy (non-hydrogen) atoms. The molecular formula is C21H24ClNO5. The van der Waals surface area contributed by atoms with Crippen LogP contribution < -0.4 is 4.74 Å². The van der Waals surface area contributed by atoms with Gasteiger partial charge in [0.05, 0.1) is 23.8 Å². The van der Waals surface area contributed by atoms with Crippen molar-refractivity contribution >= 4 is 22.8 Å². The minimum Gasteiger partial charge on any atom is -0.490 e. The summed E-state index contributed by atoms with van der Waals surface area (Å²) in [4.78, 5) is 23.8. The Morgan fingerprint density at radius 2 is 1.93 bits per heavy atom. The maximum absolute atomic E-state index is 12.2. The van der Waals surface area contributed by atoms with Gasteiger partial charge in [0.1, 0.15) is 11.3 Å². The summed E-state index contributed by atoms with van der Waals surface area (Å²) in [6.07, 6.45) is 3.19. The van der Waals surface area contributed by atoms with Gasteiger partial charge in [-0.2, -0.15) is 0 Å². The fourth-order valence-corrected chi connectivity index (χ4v) is 3.69. The van der Waals surface area contributed by atoms with Crippen LogP contribution in [0.5, 0.6) is 5.75 Å². The average molecular weight is 406 g/mol. The van der Waals surface area contributed by atoms with Crippen LogP contribution >= 0.6 is 11.6 Å². The van der Waals surface area contributed by atoms with E-state index in [1.54, 1.807) is 19.1 Å². The van der Waals surface area contributed by atoms with Gasteiger partial charge in [-0.15, -0.1) is 0 Å². The standard InChI is InChI=1S/C21H24ClNO5/c1-12(2)26-21(25)15-5-4-6-17(11-15)27-16-9-7-14(8-10-16)19-18(20(22)24)13(3)23-28-19/h7-10,12,15,17H,4-6,11H2,1-3H3/t15-,17-/m0/s1. The highest BCUT2D eigenvalue weighted by Crippen LogP contribution is 2.32. The second-order valence-corrected chi connectivity index (χ2v) is 7.70. The van der Waals surface area contributed by atoms with Gasteiger partial charge in [-0.1, -0.05) is 5.16 Å². The van der Waals surface area contributed by atoms with E-state index in [0.29, 0.717) is 29.2 Å². The van der Waals surface area contributed by atoms with Crippen LogP contribution in [-0.2, 0) is 9.53 Å². The zero-order valence-electron chi connectivity index (χ0n) is 16.2. The van der Waals surface area contributed by atoms with Crippen molar-refractivity contribution in [3.63, 3.8) is 0 Å². The van der Waals surface area contributed by atoms with Crippen LogP contribution in [0.15, 0.2) is 28.8 Å². The van der Waals surface area contributed by atoms with Gasteiger partial charge in [-0.25, -0.2) is 0 Å². The molecule has 0 radical (unpaired) electrons. The lowest BCUT2D eigenvalue weighted by Crippen LogP contribution is -2.31. The SMILES string of the molecule is Cc1noc(-c2ccc(O[C@H]3CCC[C@H](C(=O)OC(C)C)C3)cc2)c1C(=O)Cl. The third-order valence-electron chi connectivity index (χ3n) is 4.79. The van der Waals surface area contributed by atoms with Gasteiger partial charge in [-0.3, -0.25) is 9.59 Å². The van der Waals surface area contributed by atoms with Gasteiger partial charge < -0.3 is 14.0 Å². The lowest BCUT2D eigenvalue weighted by atomic mass is 9.87. The van der Waals surface area contributed by atoms with Gasteiger partial charge in [0, 0.05) is 5.56 Å². The van der Waals surface area contributed by atoms with Gasteiger partial charge >= 0.3 is 5.97 Å². The summed E-state index contributed by atoms with van der Waals surface area (Å²) in [5, 5.41) is 3.22. The first-order valence-electron chi connectivity index (χ1n) is 9.48. The van der Waals surface area contributed by atoms with Crippen molar-refractivity contribution in [2.24, 2.45) is 5.92 Å². The van der Waals surface area contributed by atoms with Crippen LogP contribution in [0.2, 0.25) is 0 Å². The molecule has 7 heteroatoms. The lowest BCUT2D eigenvalue weighted by molar-refractivity contribution is -0.154. The van der Waals surface area contributed by atoms with Crippen LogP contribution in [0.1, 0.15) is 55.6 Å². The van der Waals surface area contributed by atoms with Crippen molar-refractivity contribution in [1.82, 2.24) is 5.16 Å². The quantitative estimate of drug-likeness (QED) is 0.501. The van der Waals surface area contributed by atoms with Crippen molar-refractivity contribution in [2.75, 3.05) is 0 Å². The third kappa shape index (κ3) is 4.73. The molecule has 1 aliphatic rings. The summed E-state index contributed by atoms with van der Waals surface area (Å²) < 4.78 is 16.7. The molecule has 2 aromatic rings. The first-order chi connectivity index (χ1) is 13.3. The fourth-order valence-electron chi connectivity index (χ4n) is 3.47. The third-order valence-corrected chi connectivity index (χ3v) is 4.98. The molecule has 0 spiro atoms. The lowest BCUT2D eigenvalue weighted by Gasteiger charge is -2.28. The Bertz CT molecular complexity index is 843. The molecule has 1 aromatic heterocycles. The monoisotopic (exact) mass is 405 g/mol. The summed E-state index contributed by atoms with van der Waals surface area (Å²) >= 11 is 5.63. The van der Waals surface area contributed by atoms with Crippen molar-refractivity contribution in [3.8, 4) is 17.1 Å². The molecule has 0 N–H and O–H groups in total. The number of benzene rings is 1. The van der Waals surface area contributed by atoms with Crippen molar-refractivity contribution < 1.29 is 23.6 Å². The number of aromatic nitrogens is 1. The van der Waals surface area contributed by atoms with Crippen LogP contribution in [0.25, 0.3) is 11.3 Å². The van der Waals surface area contributed by atoms with E-state index in [1.165, 1.54) is 0 Å². The van der Waals surface area contributed by atoms with E-state index < -0.39 is 5.24 Å². The molecule has 0 bridgehead atoms. The topological polar surface area (TPSA) is 78.6 Å². The predicted molar refractivity (Wildman–Crippen MR) is 104 cm³/mol. The number of carbonyl (C=O) groups is 2. The average Bonchev–Trinajstić information content (AvgIpc) is 3.04. The maximum Gasteiger partial charge on any atom is 0.309 e. The van der Waals surface area contributed by atoms with Gasteiger partial charge in [0.25, 0.3) is 5.24 Å². The highest BCUT2D eigenvalue weighted by molar-refractivity contribution is 6.68. The van der Waals surface area contributed by atoms with E-state index >= 15 is 0 Å². The number of aryl methyl sites for hydroxylation is 1. The molecule has 0 unspecified atom stereocenters. The zero-order chi connectivity index (χ0) is 20.3. The van der Waals surface area contributed by atoms with Gasteiger partial charge in [0.2, 0.25) is 0 Å². The van der Waals surface area contributed by atoms with Crippen LogP contribution in [0.4, 0.5) is 0 Å². The number of halogens is 1. The molecule has 1 heterocycles. The van der Waals surface area contributed by atoms with E-state index in [9.17, 15) is 9.59 Å². The normalized spacial score (nSPS) is 19.5. The van der Waals surface area contributed by atoms with Crippen molar-refractivity contribution in [1.29, 1.82) is 0 Å². The fraction of sp³-hybridized carbons (Fsp3) is 0.476. The largest absolute Gasteiger partial charge is 0.490 e. The number of carbonyl (C=O) groups excluding carboxylic acids is 2. The molecule has 3 rings (SSSR count). The predicted octanol–water partition coefficient (Wildman–Crippen LogP) is 4.92. The van der Waals surface area contributed by atoms with Crippen LogP contribution in [-0.4, -0.2) is 28.6 Å². The van der Waals surface area contributed by atoms with E-state index in [-0.39, 0.29) is 29.7 Å². The Morgan fingerprint density at radius 1 is 1.21 bits per heavy atom. The van der Waals surface area contributed by atoms with Crippen LogP contribution in [0, 0.1) is 12.8 Å². The number of hydrogen-bond acceptors (Lipinski definition) is 6. The molecule has 2 atom stereocenters. The number of ether oxygens (including phenoxy) is 2. The maximum atomic E-state index is 12.2. The minimum atomic E-state index is -0.601. The molecule has 1 aromatic carbocycles. The highest BCUT2D eigenvalue weighted by Gasteiger charge is 2.30. The first-order valence-corrected chi connectivity index (χ1v) is 9.86. The number of nitrogens with zero attached hydrogens (tertiary/aromatic N) is 1. The van der Waals surface area contributed by atoms with Crippen LogP contribution in [0.3, 0.4) is 0 Å². The Balaban J connectivity index is 1.66. The molecular weight excluding hydrogens is 382 g/mol. The van der Waals surface area contributed by atoms with E-state index in [1.807, 2.05) is 26.0 Å². The van der Waals surface area contributed by atoms with Gasteiger partial charge in [-0.05, 0) is 82.3 Å². The Labute approximate surface area is 169 Å². The second-order valence-electron chi connectivity index (χ2n) is 7.36. The molecule has 0 amide bonds. The molecule has 0 saturated heterocycles. The van der Waals surface area contributed by atoms with E-state index in [2.05, 4.69) is 5.16 Å². The molecule has 6 nitrogen and oxygen atoms in total. The minimum absolute atomic E-state index is 0.0307. The number of rotatable bonds is 6. The molecule has 0 aliphatic heterocycles. The zero-order valence-corrected chi connectivity index (χ0v) is 17.0. The molecule has 1 saturated carbocycles. The Morgan fingerprint density at radius 3 is 2.57 bits per heavy atom. The number of esters is 1. The van der Waals surface area contributed by atoms with E-state index in [0.717, 1.165) is 19.3 Å². The summed E-state index contributed by atoms with van der Waals surface area (Å²) in [6.45, 7) is 5.38. The highest BCUT2D eigenvalue weighted by atomic mass is 35.5. The molecule has 1 aliphatic carbocycles. The second kappa shape index (κ2) is 8.78. The first kappa shape index (κ1) is 20.4. The summed E-state index contributed by atoms with van der Waals surface area (Å²) in [5.74, 6) is 0.785. The van der Waals surface area contributed by atoms with E-state index in [4.69, 9.17) is 25.6 Å². The molecule has 1 fully saturated rings. The molecule has 150 valence electrons. The Kier molecular flexibility index (Phi) is 6.39.